The van der Waals surface area contributed by atoms with Crippen LogP contribution in [-0.2, 0) is 24.5 Å². The molecule has 1 spiro atoms. The first-order valence-corrected chi connectivity index (χ1v) is 23.8. The highest BCUT2D eigenvalue weighted by Crippen LogP contribution is 2.66. The molecule has 6 aromatic carbocycles. The Kier molecular flexibility index (Phi) is 12.8. The number of thiazole rings is 1. The fourth-order valence-electron chi connectivity index (χ4n) is 10.4. The number of aromatic nitrogens is 1. The van der Waals surface area contributed by atoms with E-state index in [0.29, 0.717) is 28.0 Å². The number of primary amides is 1. The van der Waals surface area contributed by atoms with Gasteiger partial charge in [0.1, 0.15) is 29.9 Å². The summed E-state index contributed by atoms with van der Waals surface area (Å²) in [7, 11) is 0. The lowest BCUT2D eigenvalue weighted by Gasteiger charge is -2.46. The second-order valence-electron chi connectivity index (χ2n) is 17.4. The maximum Gasteiger partial charge on any atom is 0.329 e. The third-order valence-electron chi connectivity index (χ3n) is 13.2. The van der Waals surface area contributed by atoms with E-state index in [1.807, 2.05) is 120 Å². The number of hydrogen-bond acceptors (Lipinski definition) is 11. The summed E-state index contributed by atoms with van der Waals surface area (Å²) in [6.45, 7) is 1.38. The molecule has 1 aromatic heterocycles. The van der Waals surface area contributed by atoms with Crippen LogP contribution in [0.4, 0.5) is 20.4 Å². The summed E-state index contributed by atoms with van der Waals surface area (Å²) in [6, 6.07) is 41.7. The van der Waals surface area contributed by atoms with E-state index in [9.17, 15) is 9.90 Å². The first kappa shape index (κ1) is 46.4. The second-order valence-corrected chi connectivity index (χ2v) is 18.4. The van der Waals surface area contributed by atoms with Gasteiger partial charge in [-0.05, 0) is 77.2 Å². The largest absolute Gasteiger partial charge is 0.491 e. The molecule has 2 saturated heterocycles. The average Bonchev–Trinajstić information content (AvgIpc) is 4.03. The minimum absolute atomic E-state index is 0.0458. The lowest BCUT2D eigenvalue weighted by Crippen LogP contribution is -2.55. The molecule has 3 aliphatic rings. The molecule has 71 heavy (non-hydrogen) atoms. The number of aliphatic hydroxyl groups excluding tert-OH is 1. The summed E-state index contributed by atoms with van der Waals surface area (Å²) in [5, 5.41) is 18.6. The van der Waals surface area contributed by atoms with Crippen LogP contribution >= 0.6 is 11.3 Å². The number of amides is 6. The van der Waals surface area contributed by atoms with Crippen molar-refractivity contribution in [2.75, 3.05) is 30.0 Å². The molecule has 15 nitrogen and oxygen atoms in total. The number of imide groups is 1. The zero-order valence-corrected chi connectivity index (χ0v) is 39.0. The van der Waals surface area contributed by atoms with E-state index in [4.69, 9.17) is 20.2 Å². The number of carbonyl (C=O) groups is 5. The summed E-state index contributed by atoms with van der Waals surface area (Å²) in [4.78, 5) is 82.7. The van der Waals surface area contributed by atoms with E-state index in [0.717, 1.165) is 20.7 Å². The highest BCUT2D eigenvalue weighted by atomic mass is 32.1. The lowest BCUT2D eigenvalue weighted by molar-refractivity contribution is -0.177. The third-order valence-corrected chi connectivity index (χ3v) is 14.2. The van der Waals surface area contributed by atoms with E-state index in [1.54, 1.807) is 49.4 Å². The molecule has 0 saturated carbocycles. The fraction of sp³-hybridized carbons (Fsp3) is 0.200. The third kappa shape index (κ3) is 8.50. The Morgan fingerprint density at radius 3 is 2.25 bits per heavy atom. The maximum atomic E-state index is 16.7. The van der Waals surface area contributed by atoms with Crippen LogP contribution in [0, 0.1) is 17.8 Å². The van der Waals surface area contributed by atoms with Gasteiger partial charge in [-0.2, -0.15) is 0 Å². The van der Waals surface area contributed by atoms with Gasteiger partial charge in [0.05, 0.1) is 53.1 Å². The highest BCUT2D eigenvalue weighted by molar-refractivity contribution is 7.22. The minimum Gasteiger partial charge on any atom is -0.491 e. The van der Waals surface area contributed by atoms with E-state index in [2.05, 4.69) is 27.8 Å². The summed E-state index contributed by atoms with van der Waals surface area (Å²) >= 11 is 1.23. The number of esters is 1. The maximum absolute atomic E-state index is 16.7. The first-order valence-electron chi connectivity index (χ1n) is 23.0. The topological polar surface area (TPSA) is 206 Å². The Labute approximate surface area is 412 Å². The molecule has 3 aliphatic heterocycles. The number of hydrogen-bond donors (Lipinski definition) is 5. The summed E-state index contributed by atoms with van der Waals surface area (Å²) in [6.07, 6.45) is -0.959. The number of carbonyl (C=O) groups excluding carboxylic acids is 5. The van der Waals surface area contributed by atoms with Gasteiger partial charge in [0.2, 0.25) is 11.8 Å². The van der Waals surface area contributed by atoms with Gasteiger partial charge < -0.3 is 36.3 Å². The molecule has 356 valence electrons. The number of nitrogens with two attached hydrogens (primary N) is 1. The molecule has 16 heteroatoms. The fourth-order valence-corrected chi connectivity index (χ4v) is 11.3. The van der Waals surface area contributed by atoms with Gasteiger partial charge in [0, 0.05) is 5.56 Å². The van der Waals surface area contributed by atoms with Crippen LogP contribution in [0.15, 0.2) is 158 Å². The number of fused-ring (bicyclic) bond motifs is 4. The quantitative estimate of drug-likeness (QED) is 0.0639. The van der Waals surface area contributed by atoms with Gasteiger partial charge in [0.25, 0.3) is 0 Å². The van der Waals surface area contributed by atoms with E-state index in [1.165, 1.54) is 11.3 Å². The monoisotopic (exact) mass is 965 g/mol. The first-order chi connectivity index (χ1) is 34.6. The van der Waals surface area contributed by atoms with E-state index >= 15 is 19.2 Å². The minimum atomic E-state index is -2.12. The predicted octanol–water partition coefficient (Wildman–Crippen LogP) is 7.46. The Morgan fingerprint density at radius 2 is 1.54 bits per heavy atom. The second kappa shape index (κ2) is 19.6. The standard InChI is InChI=1S/C55H47N7O8S/c1-33(35-16-5-2-6-17-35)58-54(68)61-42-27-26-34(15-14-28-57-52(56)67)31-40(42)55(51(61)66)44(49(64)60-53-59-41-24-11-12-25-43(41)71-53)46-50(65)70-47(37-20-9-4-10-21-37)45(36-18-7-3-8-19-36)62(46)48(55)38-22-13-23-39(32-38)69-30-29-63/h2-13,16-27,31-33,44-48,63H,28-30H2,1H3,(H,58,68)(H3,56,57,67)(H,59,60,64)/t33-,44+,45+,46+,47-,48-,55+/m1/s1. The molecule has 0 aliphatic carbocycles. The predicted molar refractivity (Wildman–Crippen MR) is 267 cm³/mol. The number of anilines is 2. The Balaban J connectivity index is 1.26. The van der Waals surface area contributed by atoms with E-state index in [-0.39, 0.29) is 36.1 Å². The molecule has 6 amide bonds. The van der Waals surface area contributed by atoms with Crippen molar-refractivity contribution in [2.45, 2.75) is 42.6 Å². The molecule has 0 radical (unpaired) electrons. The van der Waals surface area contributed by atoms with Crippen molar-refractivity contribution < 1.29 is 38.6 Å². The van der Waals surface area contributed by atoms with Crippen molar-refractivity contribution >= 4 is 62.2 Å². The number of aliphatic hydroxyl groups is 1. The number of nitrogens with zero attached hydrogens (tertiary/aromatic N) is 3. The smallest absolute Gasteiger partial charge is 0.329 e. The Morgan fingerprint density at radius 1 is 0.845 bits per heavy atom. The Hall–Kier alpha value is -8.36. The molecular formula is C55H47N7O8S. The molecule has 6 N–H and O–H groups in total. The Bertz CT molecular complexity index is 3200. The molecule has 4 heterocycles. The van der Waals surface area contributed by atoms with Crippen molar-refractivity contribution in [3.63, 3.8) is 0 Å². The molecule has 7 atom stereocenters. The van der Waals surface area contributed by atoms with Crippen molar-refractivity contribution in [1.82, 2.24) is 20.5 Å². The van der Waals surface area contributed by atoms with Crippen LogP contribution in [0.25, 0.3) is 10.2 Å². The number of rotatable bonds is 11. The van der Waals surface area contributed by atoms with Crippen molar-refractivity contribution in [2.24, 2.45) is 11.7 Å². The molecule has 7 aromatic rings. The number of para-hydroxylation sites is 1. The highest BCUT2D eigenvalue weighted by Gasteiger charge is 2.75. The molecule has 0 unspecified atom stereocenters. The van der Waals surface area contributed by atoms with Gasteiger partial charge >= 0.3 is 18.0 Å². The van der Waals surface area contributed by atoms with Crippen molar-refractivity contribution in [1.29, 1.82) is 0 Å². The van der Waals surface area contributed by atoms with Gasteiger partial charge in [0.15, 0.2) is 5.13 Å². The number of morpholine rings is 1. The number of ether oxygens (including phenoxy) is 2. The van der Waals surface area contributed by atoms with Gasteiger partial charge in [-0.1, -0.05) is 138 Å². The number of urea groups is 2. The van der Waals surface area contributed by atoms with Gasteiger partial charge in [-0.3, -0.25) is 19.3 Å². The van der Waals surface area contributed by atoms with Gasteiger partial charge in [-0.15, -0.1) is 0 Å². The zero-order chi connectivity index (χ0) is 49.2. The van der Waals surface area contributed by atoms with Crippen molar-refractivity contribution in [3.05, 3.63) is 191 Å². The average molecular weight is 966 g/mol. The van der Waals surface area contributed by atoms with Crippen LogP contribution in [0.2, 0.25) is 0 Å². The number of benzene rings is 6. The van der Waals surface area contributed by atoms with Crippen LogP contribution in [0.5, 0.6) is 5.75 Å². The molecule has 0 bridgehead atoms. The lowest BCUT2D eigenvalue weighted by atomic mass is 9.65. The number of cyclic esters (lactones) is 1. The zero-order valence-electron chi connectivity index (χ0n) is 38.2. The SMILES string of the molecule is C[C@@H](NC(=O)N1C(=O)[C@@]2(c3cc(C#CCNC(N)=O)ccc31)[C@H](C(=O)Nc1nc3ccccc3s1)[C@H]1C(=O)O[C@H](c3ccccc3)[C@H](c3ccccc3)N1[C@@H]2c1cccc(OCCO)c1)c1ccccc1. The normalized spacial score (nSPS) is 21.6. The van der Waals surface area contributed by atoms with Crippen molar-refractivity contribution in [3.8, 4) is 17.6 Å². The van der Waals surface area contributed by atoms with Gasteiger partial charge in [-0.25, -0.2) is 19.5 Å². The summed E-state index contributed by atoms with van der Waals surface area (Å²) in [5.74, 6) is 2.41. The summed E-state index contributed by atoms with van der Waals surface area (Å²) in [5.41, 5.74) is 7.26. The molecule has 2 fully saturated rings. The summed E-state index contributed by atoms with van der Waals surface area (Å²) < 4.78 is 13.4. The van der Waals surface area contributed by atoms with Crippen LogP contribution in [0.1, 0.15) is 64.5 Å². The molecule has 10 rings (SSSR count). The number of nitrogens with one attached hydrogen (secondary N) is 3. The van der Waals surface area contributed by atoms with Crippen LogP contribution < -0.4 is 31.3 Å². The van der Waals surface area contributed by atoms with Crippen LogP contribution in [-0.4, -0.2) is 70.6 Å². The molecular weight excluding hydrogens is 919 g/mol. The van der Waals surface area contributed by atoms with Crippen LogP contribution in [0.3, 0.4) is 0 Å². The van der Waals surface area contributed by atoms with E-state index < -0.39 is 71.5 Å².